The molecule has 0 N–H and O–H groups in total. The lowest BCUT2D eigenvalue weighted by Gasteiger charge is -2.41. The maximum atomic E-state index is 11.8. The van der Waals surface area contributed by atoms with E-state index in [-0.39, 0.29) is 18.2 Å². The lowest BCUT2D eigenvalue weighted by molar-refractivity contribution is -0.169. The first-order valence-electron chi connectivity index (χ1n) is 5.16. The smallest absolute Gasteiger partial charge is 0.345 e. The van der Waals surface area contributed by atoms with Gasteiger partial charge >= 0.3 is 6.61 Å². The van der Waals surface area contributed by atoms with Crippen LogP contribution in [0.3, 0.4) is 0 Å². The molecule has 5 heteroatoms. The zero-order valence-corrected chi connectivity index (χ0v) is 9.50. The van der Waals surface area contributed by atoms with Gasteiger partial charge in [0.05, 0.1) is 19.3 Å². The highest BCUT2D eigenvalue weighted by Crippen LogP contribution is 2.17. The third kappa shape index (κ3) is 4.40. The molecular formula is C10H19F2NO2. The highest BCUT2D eigenvalue weighted by Gasteiger charge is 2.28. The molecule has 0 saturated carbocycles. The van der Waals surface area contributed by atoms with E-state index in [1.807, 2.05) is 0 Å². The van der Waals surface area contributed by atoms with E-state index in [1.54, 1.807) is 0 Å². The van der Waals surface area contributed by atoms with E-state index in [2.05, 4.69) is 30.4 Å². The van der Waals surface area contributed by atoms with Crippen LogP contribution in [0.4, 0.5) is 8.78 Å². The van der Waals surface area contributed by atoms with Gasteiger partial charge in [-0.05, 0) is 20.8 Å². The van der Waals surface area contributed by atoms with E-state index >= 15 is 0 Å². The van der Waals surface area contributed by atoms with Crippen molar-refractivity contribution in [3.8, 4) is 0 Å². The fourth-order valence-corrected chi connectivity index (χ4v) is 1.61. The van der Waals surface area contributed by atoms with E-state index in [9.17, 15) is 8.78 Å². The van der Waals surface area contributed by atoms with Crippen molar-refractivity contribution in [2.75, 3.05) is 26.3 Å². The molecule has 0 spiro atoms. The molecule has 0 aromatic rings. The molecule has 0 aromatic carbocycles. The van der Waals surface area contributed by atoms with Crippen molar-refractivity contribution in [1.29, 1.82) is 0 Å². The Balaban J connectivity index is 2.36. The zero-order valence-electron chi connectivity index (χ0n) is 9.50. The summed E-state index contributed by atoms with van der Waals surface area (Å²) in [5.41, 5.74) is 0.0485. The second-order valence-corrected chi connectivity index (χ2v) is 4.70. The van der Waals surface area contributed by atoms with Gasteiger partial charge in [-0.3, -0.25) is 4.90 Å². The molecule has 0 aliphatic carbocycles. The molecule has 0 amide bonds. The van der Waals surface area contributed by atoms with E-state index in [0.29, 0.717) is 13.2 Å². The molecule has 1 fully saturated rings. The van der Waals surface area contributed by atoms with Crippen molar-refractivity contribution in [2.24, 2.45) is 0 Å². The van der Waals surface area contributed by atoms with Crippen LogP contribution in [0.25, 0.3) is 0 Å². The van der Waals surface area contributed by atoms with Crippen molar-refractivity contribution in [3.63, 3.8) is 0 Å². The van der Waals surface area contributed by atoms with Crippen LogP contribution >= 0.6 is 0 Å². The number of rotatable bonds is 3. The van der Waals surface area contributed by atoms with Crippen LogP contribution in [0.15, 0.2) is 0 Å². The second kappa shape index (κ2) is 5.18. The number of halogens is 2. The molecule has 1 saturated heterocycles. The van der Waals surface area contributed by atoms with Gasteiger partial charge in [-0.25, -0.2) is 0 Å². The lowest BCUT2D eigenvalue weighted by Crippen LogP contribution is -2.52. The topological polar surface area (TPSA) is 21.7 Å². The first-order chi connectivity index (χ1) is 6.89. The molecule has 90 valence electrons. The number of hydrogen-bond acceptors (Lipinski definition) is 3. The summed E-state index contributed by atoms with van der Waals surface area (Å²) in [6, 6.07) is 0. The Bertz CT molecular complexity index is 194. The summed E-state index contributed by atoms with van der Waals surface area (Å²) in [5.74, 6) is 0. The maximum absolute atomic E-state index is 11.8. The summed E-state index contributed by atoms with van der Waals surface area (Å²) < 4.78 is 33.3. The number of alkyl halides is 2. The molecular weight excluding hydrogens is 204 g/mol. The largest absolute Gasteiger partial charge is 0.373 e. The Morgan fingerprint density at radius 3 is 2.67 bits per heavy atom. The predicted octanol–water partition coefficient (Wildman–Crippen LogP) is 1.72. The molecule has 1 aliphatic heterocycles. The number of hydrogen-bond donors (Lipinski definition) is 0. The zero-order chi connectivity index (χ0) is 11.5. The SMILES string of the molecule is CC(C)(C)N1CCOC(COC(F)F)C1. The molecule has 1 unspecified atom stereocenters. The van der Waals surface area contributed by atoms with Gasteiger partial charge in [-0.2, -0.15) is 8.78 Å². The van der Waals surface area contributed by atoms with Crippen LogP contribution in [0.2, 0.25) is 0 Å². The number of nitrogens with zero attached hydrogens (tertiary/aromatic N) is 1. The van der Waals surface area contributed by atoms with Gasteiger partial charge in [0.2, 0.25) is 0 Å². The summed E-state index contributed by atoms with van der Waals surface area (Å²) in [6.45, 7) is 5.62. The van der Waals surface area contributed by atoms with Crippen LogP contribution in [-0.2, 0) is 9.47 Å². The Kier molecular flexibility index (Phi) is 4.43. The molecule has 0 bridgehead atoms. The third-order valence-electron chi connectivity index (χ3n) is 2.50. The number of ether oxygens (including phenoxy) is 2. The first kappa shape index (κ1) is 12.8. The quantitative estimate of drug-likeness (QED) is 0.727. The van der Waals surface area contributed by atoms with Gasteiger partial charge < -0.3 is 9.47 Å². The van der Waals surface area contributed by atoms with Gasteiger partial charge in [-0.1, -0.05) is 0 Å². The number of morpholine rings is 1. The monoisotopic (exact) mass is 223 g/mol. The van der Waals surface area contributed by atoms with Crippen molar-refractivity contribution < 1.29 is 18.3 Å². The minimum Gasteiger partial charge on any atom is -0.373 e. The van der Waals surface area contributed by atoms with Crippen LogP contribution in [0, 0.1) is 0 Å². The van der Waals surface area contributed by atoms with E-state index < -0.39 is 6.61 Å². The average Bonchev–Trinajstić information content (AvgIpc) is 2.14. The molecule has 15 heavy (non-hydrogen) atoms. The second-order valence-electron chi connectivity index (χ2n) is 4.70. The molecule has 1 aliphatic rings. The summed E-state index contributed by atoms with van der Waals surface area (Å²) in [4.78, 5) is 2.22. The van der Waals surface area contributed by atoms with Crippen LogP contribution in [0.1, 0.15) is 20.8 Å². The average molecular weight is 223 g/mol. The summed E-state index contributed by atoms with van der Waals surface area (Å²) in [6.07, 6.45) is -0.244. The van der Waals surface area contributed by atoms with Crippen molar-refractivity contribution in [1.82, 2.24) is 4.90 Å². The van der Waals surface area contributed by atoms with E-state index in [1.165, 1.54) is 0 Å². The van der Waals surface area contributed by atoms with Gasteiger partial charge in [0, 0.05) is 18.6 Å². The van der Waals surface area contributed by atoms with Crippen molar-refractivity contribution >= 4 is 0 Å². The van der Waals surface area contributed by atoms with Crippen molar-refractivity contribution in [3.05, 3.63) is 0 Å². The first-order valence-corrected chi connectivity index (χ1v) is 5.16. The predicted molar refractivity (Wildman–Crippen MR) is 53.0 cm³/mol. The molecule has 3 nitrogen and oxygen atoms in total. The Morgan fingerprint density at radius 2 is 2.13 bits per heavy atom. The highest BCUT2D eigenvalue weighted by molar-refractivity contribution is 4.81. The summed E-state index contributed by atoms with van der Waals surface area (Å²) in [7, 11) is 0. The minimum atomic E-state index is -2.71. The van der Waals surface area contributed by atoms with Crippen LogP contribution in [0.5, 0.6) is 0 Å². The van der Waals surface area contributed by atoms with Gasteiger partial charge in [-0.15, -0.1) is 0 Å². The fourth-order valence-electron chi connectivity index (χ4n) is 1.61. The summed E-state index contributed by atoms with van der Waals surface area (Å²) >= 11 is 0. The van der Waals surface area contributed by atoms with E-state index in [0.717, 1.165) is 6.54 Å². The Hall–Kier alpha value is -0.260. The lowest BCUT2D eigenvalue weighted by atomic mass is 10.0. The third-order valence-corrected chi connectivity index (χ3v) is 2.50. The molecule has 0 aromatic heterocycles. The van der Waals surface area contributed by atoms with Gasteiger partial charge in [0.25, 0.3) is 0 Å². The Labute approximate surface area is 89.3 Å². The van der Waals surface area contributed by atoms with Gasteiger partial charge in [0.15, 0.2) is 0 Å². The minimum absolute atomic E-state index is 0.0375. The standard InChI is InChI=1S/C10H19F2NO2/c1-10(2,3)13-4-5-14-8(6-13)7-15-9(11)12/h8-9H,4-7H2,1-3H3. The molecule has 1 heterocycles. The molecule has 0 radical (unpaired) electrons. The Morgan fingerprint density at radius 1 is 1.47 bits per heavy atom. The fraction of sp³-hybridized carbons (Fsp3) is 1.00. The van der Waals surface area contributed by atoms with E-state index in [4.69, 9.17) is 4.74 Å². The summed E-state index contributed by atoms with van der Waals surface area (Å²) in [5, 5.41) is 0. The normalized spacial score (nSPS) is 24.8. The van der Waals surface area contributed by atoms with Crippen LogP contribution in [-0.4, -0.2) is 49.5 Å². The maximum Gasteiger partial charge on any atom is 0.345 e. The molecule has 1 rings (SSSR count). The van der Waals surface area contributed by atoms with Gasteiger partial charge in [0.1, 0.15) is 0 Å². The highest BCUT2D eigenvalue weighted by atomic mass is 19.3. The molecule has 1 atom stereocenters. The van der Waals surface area contributed by atoms with Crippen LogP contribution < -0.4 is 0 Å². The van der Waals surface area contributed by atoms with Crippen molar-refractivity contribution in [2.45, 2.75) is 39.0 Å².